The molecule has 1 saturated heterocycles. The normalized spacial score (nSPS) is 16.2. The van der Waals surface area contributed by atoms with Crippen molar-refractivity contribution in [1.82, 2.24) is 5.32 Å². The van der Waals surface area contributed by atoms with Crippen LogP contribution in [0, 0.1) is 0 Å². The van der Waals surface area contributed by atoms with Crippen LogP contribution in [0.5, 0.6) is 5.75 Å². The van der Waals surface area contributed by atoms with E-state index in [9.17, 15) is 0 Å². The van der Waals surface area contributed by atoms with Gasteiger partial charge in [-0.3, -0.25) is 0 Å². The zero-order chi connectivity index (χ0) is 12.9. The van der Waals surface area contributed by atoms with Gasteiger partial charge in [0.2, 0.25) is 0 Å². The number of benzene rings is 2. The van der Waals surface area contributed by atoms with Gasteiger partial charge >= 0.3 is 0 Å². The summed E-state index contributed by atoms with van der Waals surface area (Å²) in [5, 5.41) is 4.34. The van der Waals surface area contributed by atoms with E-state index in [-0.39, 0.29) is 0 Å². The van der Waals surface area contributed by atoms with Gasteiger partial charge in [-0.2, -0.15) is 0 Å². The minimum atomic E-state index is 0.333. The highest BCUT2D eigenvalue weighted by Gasteiger charge is 2.14. The van der Waals surface area contributed by atoms with Crippen LogP contribution in [0.25, 0.3) is 11.1 Å². The number of piperidine rings is 1. The largest absolute Gasteiger partial charge is 0.490 e. The number of hydrogen-bond acceptors (Lipinski definition) is 1. The molecule has 0 atom stereocenters. The average Bonchev–Trinajstić information content (AvgIpc) is 2.50. The molecule has 2 aromatic carbocycles. The van der Waals surface area contributed by atoms with Crippen LogP contribution >= 0.6 is 0 Å². The molecule has 2 aromatic rings. The van der Waals surface area contributed by atoms with Crippen molar-refractivity contribution in [1.29, 1.82) is 0 Å². The van der Waals surface area contributed by atoms with Gasteiger partial charge in [-0.1, -0.05) is 42.5 Å². The van der Waals surface area contributed by atoms with Gasteiger partial charge in [0.05, 0.1) is 0 Å². The molecule has 19 heavy (non-hydrogen) atoms. The van der Waals surface area contributed by atoms with Gasteiger partial charge < -0.3 is 4.74 Å². The molecule has 0 N–H and O–H groups in total. The standard InChI is InChI=1S/C17H18NO/c1-2-4-14(5-3-1)15-6-8-16(9-7-15)19-17-10-12-18-13-11-17/h1-9,17H,10-13H2. The molecule has 1 aliphatic heterocycles. The second kappa shape index (κ2) is 5.89. The molecular weight excluding hydrogens is 234 g/mol. The highest BCUT2D eigenvalue weighted by Crippen LogP contribution is 2.23. The van der Waals surface area contributed by atoms with E-state index in [0.717, 1.165) is 31.7 Å². The van der Waals surface area contributed by atoms with Gasteiger partial charge in [0, 0.05) is 13.1 Å². The Labute approximate surface area is 114 Å². The van der Waals surface area contributed by atoms with E-state index in [2.05, 4.69) is 53.8 Å². The quantitative estimate of drug-likeness (QED) is 0.820. The summed E-state index contributed by atoms with van der Waals surface area (Å²) >= 11 is 0. The van der Waals surface area contributed by atoms with Crippen LogP contribution in [-0.4, -0.2) is 19.2 Å². The van der Waals surface area contributed by atoms with E-state index in [4.69, 9.17) is 4.74 Å². The molecule has 0 amide bonds. The minimum Gasteiger partial charge on any atom is -0.490 e. The maximum Gasteiger partial charge on any atom is 0.119 e. The molecule has 2 nitrogen and oxygen atoms in total. The van der Waals surface area contributed by atoms with Crippen molar-refractivity contribution in [2.45, 2.75) is 18.9 Å². The van der Waals surface area contributed by atoms with Gasteiger partial charge in [0.15, 0.2) is 0 Å². The average molecular weight is 252 g/mol. The molecule has 97 valence electrons. The fourth-order valence-corrected chi connectivity index (χ4v) is 2.39. The van der Waals surface area contributed by atoms with Crippen LogP contribution < -0.4 is 10.1 Å². The molecule has 0 bridgehead atoms. The number of ether oxygens (including phenoxy) is 1. The summed E-state index contributed by atoms with van der Waals surface area (Å²) in [6.07, 6.45) is 2.42. The Morgan fingerprint density at radius 1 is 0.789 bits per heavy atom. The molecule has 1 aliphatic rings. The highest BCUT2D eigenvalue weighted by molar-refractivity contribution is 5.63. The molecule has 1 heterocycles. The predicted molar refractivity (Wildman–Crippen MR) is 77.4 cm³/mol. The van der Waals surface area contributed by atoms with Gasteiger partial charge in [0.25, 0.3) is 0 Å². The van der Waals surface area contributed by atoms with E-state index in [1.165, 1.54) is 11.1 Å². The van der Waals surface area contributed by atoms with Crippen LogP contribution in [0.3, 0.4) is 0 Å². The Morgan fingerprint density at radius 3 is 2.11 bits per heavy atom. The van der Waals surface area contributed by atoms with Crippen molar-refractivity contribution in [3.63, 3.8) is 0 Å². The lowest BCUT2D eigenvalue weighted by Gasteiger charge is -2.22. The summed E-state index contributed by atoms with van der Waals surface area (Å²) in [5.74, 6) is 0.964. The van der Waals surface area contributed by atoms with Crippen LogP contribution in [0.15, 0.2) is 54.6 Å². The van der Waals surface area contributed by atoms with E-state index in [1.54, 1.807) is 0 Å². The molecule has 1 radical (unpaired) electrons. The first-order chi connectivity index (χ1) is 9.42. The predicted octanol–water partition coefficient (Wildman–Crippen LogP) is 3.50. The summed E-state index contributed by atoms with van der Waals surface area (Å²) in [7, 11) is 0. The number of rotatable bonds is 3. The molecule has 3 rings (SSSR count). The molecule has 0 unspecified atom stereocenters. The second-order valence-corrected chi connectivity index (χ2v) is 4.88. The molecule has 0 saturated carbocycles. The fraction of sp³-hybridized carbons (Fsp3) is 0.294. The Bertz CT molecular complexity index is 501. The van der Waals surface area contributed by atoms with Crippen molar-refractivity contribution in [2.75, 3.05) is 13.1 Å². The van der Waals surface area contributed by atoms with Crippen LogP contribution in [0.4, 0.5) is 0 Å². The summed E-state index contributed by atoms with van der Waals surface area (Å²) < 4.78 is 5.99. The first-order valence-electron chi connectivity index (χ1n) is 6.87. The third kappa shape index (κ3) is 3.15. The zero-order valence-electron chi connectivity index (χ0n) is 11.0. The summed E-state index contributed by atoms with van der Waals surface area (Å²) in [6, 6.07) is 18.8. The van der Waals surface area contributed by atoms with E-state index in [1.807, 2.05) is 6.07 Å². The summed E-state index contributed by atoms with van der Waals surface area (Å²) in [5.41, 5.74) is 2.47. The highest BCUT2D eigenvalue weighted by atomic mass is 16.5. The second-order valence-electron chi connectivity index (χ2n) is 4.88. The third-order valence-corrected chi connectivity index (χ3v) is 3.48. The minimum absolute atomic E-state index is 0.333. The van der Waals surface area contributed by atoms with E-state index >= 15 is 0 Å². The lowest BCUT2D eigenvalue weighted by atomic mass is 10.1. The third-order valence-electron chi connectivity index (χ3n) is 3.48. The topological polar surface area (TPSA) is 23.3 Å². The van der Waals surface area contributed by atoms with Crippen LogP contribution in [-0.2, 0) is 0 Å². The maximum absolute atomic E-state index is 5.99. The van der Waals surface area contributed by atoms with Crippen molar-refractivity contribution >= 4 is 0 Å². The Hall–Kier alpha value is -1.80. The van der Waals surface area contributed by atoms with Gasteiger partial charge in [0.1, 0.15) is 11.9 Å². The molecule has 0 aromatic heterocycles. The van der Waals surface area contributed by atoms with Gasteiger partial charge in [-0.25, -0.2) is 5.32 Å². The van der Waals surface area contributed by atoms with Crippen molar-refractivity contribution < 1.29 is 4.74 Å². The van der Waals surface area contributed by atoms with Gasteiger partial charge in [-0.05, 0) is 36.1 Å². The van der Waals surface area contributed by atoms with Crippen molar-refractivity contribution in [3.8, 4) is 16.9 Å². The lowest BCUT2D eigenvalue weighted by molar-refractivity contribution is 0.161. The molecule has 0 spiro atoms. The summed E-state index contributed by atoms with van der Waals surface area (Å²) in [6.45, 7) is 1.87. The van der Waals surface area contributed by atoms with Crippen LogP contribution in [0.2, 0.25) is 0 Å². The summed E-state index contributed by atoms with van der Waals surface area (Å²) in [4.78, 5) is 0. The number of hydrogen-bond donors (Lipinski definition) is 0. The lowest BCUT2D eigenvalue weighted by Crippen LogP contribution is -2.30. The maximum atomic E-state index is 5.99. The zero-order valence-corrected chi connectivity index (χ0v) is 11.0. The first-order valence-corrected chi connectivity index (χ1v) is 6.87. The Balaban J connectivity index is 1.68. The molecule has 0 aliphatic carbocycles. The van der Waals surface area contributed by atoms with Crippen molar-refractivity contribution in [3.05, 3.63) is 54.6 Å². The van der Waals surface area contributed by atoms with Crippen molar-refractivity contribution in [2.24, 2.45) is 0 Å². The number of nitrogens with zero attached hydrogens (tertiary/aromatic N) is 1. The monoisotopic (exact) mass is 252 g/mol. The Kier molecular flexibility index (Phi) is 3.80. The van der Waals surface area contributed by atoms with Crippen LogP contribution in [0.1, 0.15) is 12.8 Å². The molecular formula is C17H18NO. The van der Waals surface area contributed by atoms with E-state index < -0.39 is 0 Å². The SMILES string of the molecule is c1ccc(-c2ccc(OC3CC[N]CC3)cc2)cc1. The Morgan fingerprint density at radius 2 is 1.42 bits per heavy atom. The molecule has 1 fully saturated rings. The smallest absolute Gasteiger partial charge is 0.119 e. The molecule has 2 heteroatoms. The van der Waals surface area contributed by atoms with E-state index in [0.29, 0.717) is 6.10 Å². The van der Waals surface area contributed by atoms with Gasteiger partial charge in [-0.15, -0.1) is 0 Å². The first kappa shape index (κ1) is 12.2. The fourth-order valence-electron chi connectivity index (χ4n) is 2.39.